The fourth-order valence-corrected chi connectivity index (χ4v) is 3.20. The molecule has 0 radical (unpaired) electrons. The van der Waals surface area contributed by atoms with Crippen LogP contribution in [-0.4, -0.2) is 43.0 Å². The summed E-state index contributed by atoms with van der Waals surface area (Å²) in [5.74, 6) is -0.835. The molecule has 1 N–H and O–H groups in total. The highest BCUT2D eigenvalue weighted by Crippen LogP contribution is 2.30. The third kappa shape index (κ3) is 6.70. The zero-order chi connectivity index (χ0) is 23.1. The van der Waals surface area contributed by atoms with Gasteiger partial charge in [0.2, 0.25) is 5.91 Å². The first-order valence-corrected chi connectivity index (χ1v) is 10.1. The molecule has 2 aromatic carbocycles. The molecule has 2 amide bonds. The van der Waals surface area contributed by atoms with Crippen LogP contribution in [0.15, 0.2) is 36.4 Å². The Bertz CT molecular complexity index is 944. The number of ether oxygens (including phenoxy) is 2. The molecule has 2 rings (SSSR count). The molecule has 0 aliphatic heterocycles. The number of hydrogen-bond acceptors (Lipinski definition) is 4. The number of benzene rings is 2. The minimum atomic E-state index is -2.98. The van der Waals surface area contributed by atoms with Gasteiger partial charge < -0.3 is 19.7 Å². The Labute approximate surface area is 189 Å². The van der Waals surface area contributed by atoms with Crippen LogP contribution in [0.2, 0.25) is 10.0 Å². The fourth-order valence-electron chi connectivity index (χ4n) is 2.81. The minimum Gasteiger partial charge on any atom is -0.490 e. The normalized spacial score (nSPS) is 11.7. The van der Waals surface area contributed by atoms with Gasteiger partial charge in [-0.15, -0.1) is 0 Å². The third-order valence-electron chi connectivity index (χ3n) is 4.23. The number of rotatable bonds is 9. The lowest BCUT2D eigenvalue weighted by Gasteiger charge is -2.23. The maximum absolute atomic E-state index is 12.7. The van der Waals surface area contributed by atoms with Gasteiger partial charge in [0.15, 0.2) is 11.5 Å². The summed E-state index contributed by atoms with van der Waals surface area (Å²) in [7, 11) is 1.56. The number of alkyl halides is 2. The molecule has 0 fully saturated rings. The van der Waals surface area contributed by atoms with Crippen LogP contribution in [0.3, 0.4) is 0 Å². The highest BCUT2D eigenvalue weighted by Gasteiger charge is 2.22. The van der Waals surface area contributed by atoms with Crippen LogP contribution < -0.4 is 14.8 Å². The van der Waals surface area contributed by atoms with Crippen LogP contribution in [0.4, 0.5) is 8.78 Å². The number of likely N-dealkylation sites (N-methyl/N-ethyl adjacent to an activating group) is 1. The van der Waals surface area contributed by atoms with Crippen LogP contribution in [-0.2, 0) is 11.3 Å². The number of carbonyl (C=O) groups excluding carboxylic acids is 2. The highest BCUT2D eigenvalue weighted by molar-refractivity contribution is 6.43. The fraction of sp³-hybridized carbons (Fsp3) is 0.333. The maximum Gasteiger partial charge on any atom is 0.387 e. The lowest BCUT2D eigenvalue weighted by Crippen LogP contribution is -2.45. The molecule has 10 heteroatoms. The minimum absolute atomic E-state index is 0.0892. The molecule has 0 bridgehead atoms. The Balaban J connectivity index is 2.06. The Morgan fingerprint density at radius 2 is 1.87 bits per heavy atom. The molecule has 0 aliphatic carbocycles. The lowest BCUT2D eigenvalue weighted by molar-refractivity contribution is -0.132. The summed E-state index contributed by atoms with van der Waals surface area (Å²) >= 11 is 12.0. The van der Waals surface area contributed by atoms with E-state index in [1.807, 2.05) is 0 Å². The van der Waals surface area contributed by atoms with E-state index in [9.17, 15) is 18.4 Å². The SMILES string of the molecule is CCOc1cc(CN(C)C(=O)C(C)NC(=O)c2cccc(Cl)c2Cl)ccc1OC(F)F. The van der Waals surface area contributed by atoms with E-state index < -0.39 is 18.6 Å². The van der Waals surface area contributed by atoms with Crippen molar-refractivity contribution in [2.24, 2.45) is 0 Å². The van der Waals surface area contributed by atoms with Gasteiger partial charge in [0, 0.05) is 13.6 Å². The van der Waals surface area contributed by atoms with E-state index in [4.69, 9.17) is 27.9 Å². The predicted octanol–water partition coefficient (Wildman–Crippen LogP) is 4.77. The second-order valence-electron chi connectivity index (χ2n) is 6.58. The van der Waals surface area contributed by atoms with Gasteiger partial charge in [-0.1, -0.05) is 35.3 Å². The van der Waals surface area contributed by atoms with E-state index in [0.717, 1.165) is 0 Å². The van der Waals surface area contributed by atoms with Crippen molar-refractivity contribution in [3.63, 3.8) is 0 Å². The topological polar surface area (TPSA) is 67.9 Å². The molecule has 0 aromatic heterocycles. The molecule has 1 atom stereocenters. The van der Waals surface area contributed by atoms with Gasteiger partial charge in [-0.3, -0.25) is 9.59 Å². The quantitative estimate of drug-likeness (QED) is 0.568. The van der Waals surface area contributed by atoms with Gasteiger partial charge >= 0.3 is 6.61 Å². The van der Waals surface area contributed by atoms with Gasteiger partial charge in [-0.05, 0) is 43.7 Å². The lowest BCUT2D eigenvalue weighted by atomic mass is 10.1. The van der Waals surface area contributed by atoms with Crippen molar-refractivity contribution >= 4 is 35.0 Å². The molecular formula is C21H22Cl2F2N2O4. The van der Waals surface area contributed by atoms with Crippen molar-refractivity contribution < 1.29 is 27.8 Å². The summed E-state index contributed by atoms with van der Waals surface area (Å²) in [6.45, 7) is 0.691. The standard InChI is InChI=1S/C21H22Cl2F2N2O4/c1-4-30-17-10-13(8-9-16(17)31-21(24)25)11-27(3)20(29)12(2)26-19(28)14-6-5-7-15(22)18(14)23/h5-10,12,21H,4,11H2,1-3H3,(H,26,28). The Hall–Kier alpha value is -2.58. The van der Waals surface area contributed by atoms with Crippen molar-refractivity contribution in [2.75, 3.05) is 13.7 Å². The number of nitrogens with one attached hydrogen (secondary N) is 1. The van der Waals surface area contributed by atoms with Gasteiger partial charge in [-0.2, -0.15) is 8.78 Å². The van der Waals surface area contributed by atoms with Crippen molar-refractivity contribution in [1.29, 1.82) is 0 Å². The number of halogens is 4. The summed E-state index contributed by atoms with van der Waals surface area (Å²) in [5.41, 5.74) is 0.796. The number of nitrogens with zero attached hydrogens (tertiary/aromatic N) is 1. The van der Waals surface area contributed by atoms with E-state index in [0.29, 0.717) is 5.56 Å². The van der Waals surface area contributed by atoms with E-state index in [-0.39, 0.29) is 46.2 Å². The van der Waals surface area contributed by atoms with E-state index in [1.54, 1.807) is 39.1 Å². The molecule has 0 heterocycles. The molecule has 6 nitrogen and oxygen atoms in total. The van der Waals surface area contributed by atoms with Gasteiger partial charge in [0.05, 0.1) is 22.2 Å². The first-order chi connectivity index (χ1) is 14.6. The molecule has 0 aliphatic rings. The zero-order valence-electron chi connectivity index (χ0n) is 17.1. The van der Waals surface area contributed by atoms with Crippen LogP contribution in [0, 0.1) is 0 Å². The molecule has 168 valence electrons. The Morgan fingerprint density at radius 3 is 2.52 bits per heavy atom. The van der Waals surface area contributed by atoms with Gasteiger partial charge in [0.1, 0.15) is 6.04 Å². The molecular weight excluding hydrogens is 453 g/mol. The van der Waals surface area contributed by atoms with E-state index in [1.165, 1.54) is 23.1 Å². The van der Waals surface area contributed by atoms with Gasteiger partial charge in [-0.25, -0.2) is 0 Å². The maximum atomic E-state index is 12.7. The molecule has 1 unspecified atom stereocenters. The second-order valence-corrected chi connectivity index (χ2v) is 7.37. The van der Waals surface area contributed by atoms with Gasteiger partial charge in [0.25, 0.3) is 5.91 Å². The predicted molar refractivity (Wildman–Crippen MR) is 114 cm³/mol. The van der Waals surface area contributed by atoms with E-state index >= 15 is 0 Å². The molecule has 31 heavy (non-hydrogen) atoms. The Morgan fingerprint density at radius 1 is 1.16 bits per heavy atom. The van der Waals surface area contributed by atoms with Crippen molar-refractivity contribution in [1.82, 2.24) is 10.2 Å². The highest BCUT2D eigenvalue weighted by atomic mass is 35.5. The van der Waals surface area contributed by atoms with Crippen molar-refractivity contribution in [2.45, 2.75) is 33.0 Å². The average molecular weight is 475 g/mol. The molecule has 2 aromatic rings. The third-order valence-corrected chi connectivity index (χ3v) is 5.05. The number of amides is 2. The van der Waals surface area contributed by atoms with Crippen LogP contribution >= 0.6 is 23.2 Å². The van der Waals surface area contributed by atoms with Crippen LogP contribution in [0.5, 0.6) is 11.5 Å². The summed E-state index contributed by atoms with van der Waals surface area (Å²) < 4.78 is 34.9. The smallest absolute Gasteiger partial charge is 0.387 e. The summed E-state index contributed by atoms with van der Waals surface area (Å²) in [6, 6.07) is 8.23. The second kappa shape index (κ2) is 11.2. The summed E-state index contributed by atoms with van der Waals surface area (Å²) in [5, 5.41) is 2.92. The number of carbonyl (C=O) groups is 2. The van der Waals surface area contributed by atoms with Crippen LogP contribution in [0.25, 0.3) is 0 Å². The molecule has 0 spiro atoms. The first kappa shape index (κ1) is 24.7. The first-order valence-electron chi connectivity index (χ1n) is 9.34. The monoisotopic (exact) mass is 474 g/mol. The zero-order valence-corrected chi connectivity index (χ0v) is 18.6. The van der Waals surface area contributed by atoms with Crippen molar-refractivity contribution in [3.05, 3.63) is 57.6 Å². The largest absolute Gasteiger partial charge is 0.490 e. The summed E-state index contributed by atoms with van der Waals surface area (Å²) in [6.07, 6.45) is 0. The van der Waals surface area contributed by atoms with Crippen LogP contribution in [0.1, 0.15) is 29.8 Å². The molecule has 0 saturated carbocycles. The average Bonchev–Trinajstić information content (AvgIpc) is 2.71. The van der Waals surface area contributed by atoms with E-state index in [2.05, 4.69) is 10.1 Å². The molecule has 0 saturated heterocycles. The number of hydrogen-bond donors (Lipinski definition) is 1. The van der Waals surface area contributed by atoms with Crippen molar-refractivity contribution in [3.8, 4) is 11.5 Å². The Kier molecular flexibility index (Phi) is 8.88. The summed E-state index contributed by atoms with van der Waals surface area (Å²) in [4.78, 5) is 26.5.